The molecule has 2 heterocycles. The van der Waals surface area contributed by atoms with Crippen LogP contribution in [0.5, 0.6) is 0 Å². The Balaban J connectivity index is 1.58. The number of anilines is 3. The molecule has 0 aliphatic heterocycles. The van der Waals surface area contributed by atoms with E-state index in [1.165, 1.54) is 83.7 Å². The number of aromatic nitrogens is 4. The van der Waals surface area contributed by atoms with Crippen molar-refractivity contribution < 1.29 is 0 Å². The number of nitrogens with zero attached hydrogens (tertiary/aromatic N) is 5. The Kier molecular flexibility index (Phi) is 7.97. The topological polar surface area (TPSA) is 54.8 Å². The van der Waals surface area contributed by atoms with Gasteiger partial charge in [-0.25, -0.2) is 19.9 Å². The number of aryl methyl sites for hydroxylation is 5. The van der Waals surface area contributed by atoms with E-state index in [9.17, 15) is 0 Å². The van der Waals surface area contributed by atoms with Gasteiger partial charge in [0.1, 0.15) is 0 Å². The summed E-state index contributed by atoms with van der Waals surface area (Å²) in [6.07, 6.45) is 5.14. The molecule has 6 aromatic rings. The summed E-state index contributed by atoms with van der Waals surface area (Å²) in [5.41, 5.74) is 23.1. The Morgan fingerprint density at radius 3 is 1.59 bits per heavy atom. The van der Waals surface area contributed by atoms with Crippen molar-refractivity contribution in [3.63, 3.8) is 0 Å². The highest BCUT2D eigenvalue weighted by Gasteiger charge is 2.26. The molecule has 0 bridgehead atoms. The first-order chi connectivity index (χ1) is 21.9. The van der Waals surface area contributed by atoms with Crippen molar-refractivity contribution in [2.24, 2.45) is 0 Å². The van der Waals surface area contributed by atoms with Gasteiger partial charge < -0.3 is 4.90 Å². The van der Waals surface area contributed by atoms with Crippen LogP contribution in [-0.2, 0) is 0 Å². The van der Waals surface area contributed by atoms with E-state index in [-0.39, 0.29) is 0 Å². The molecular formula is C41H43N5. The Bertz CT molecular complexity index is 2080. The summed E-state index contributed by atoms with van der Waals surface area (Å²) in [4.78, 5) is 20.7. The lowest BCUT2D eigenvalue weighted by Crippen LogP contribution is -2.17. The van der Waals surface area contributed by atoms with E-state index in [1.54, 1.807) is 12.4 Å². The molecule has 0 radical (unpaired) electrons. The highest BCUT2D eigenvalue weighted by molar-refractivity contribution is 5.89. The molecule has 0 unspecified atom stereocenters. The average molecular weight is 606 g/mol. The molecule has 5 heteroatoms. The highest BCUT2D eigenvalue weighted by atomic mass is 15.2. The second-order valence-corrected chi connectivity index (χ2v) is 12.9. The highest BCUT2D eigenvalue weighted by Crippen LogP contribution is 2.47. The number of benzene rings is 4. The number of hydrogen-bond acceptors (Lipinski definition) is 5. The lowest BCUT2D eigenvalue weighted by molar-refractivity contribution is 1.12. The van der Waals surface area contributed by atoms with Gasteiger partial charge in [-0.3, -0.25) is 0 Å². The quantitative estimate of drug-likeness (QED) is 0.196. The minimum atomic E-state index is 0.553. The van der Waals surface area contributed by atoms with E-state index >= 15 is 0 Å². The third-order valence-corrected chi connectivity index (χ3v) is 9.90. The van der Waals surface area contributed by atoms with E-state index < -0.39 is 0 Å². The smallest absolute Gasteiger partial charge is 0.198 e. The summed E-state index contributed by atoms with van der Waals surface area (Å²) in [7, 11) is 0. The van der Waals surface area contributed by atoms with Gasteiger partial charge >= 0.3 is 0 Å². The Morgan fingerprint density at radius 1 is 0.478 bits per heavy atom. The third-order valence-electron chi connectivity index (χ3n) is 9.90. The second-order valence-electron chi connectivity index (χ2n) is 12.9. The van der Waals surface area contributed by atoms with Crippen LogP contribution in [-0.4, -0.2) is 19.9 Å². The van der Waals surface area contributed by atoms with Crippen LogP contribution in [0, 0.1) is 76.2 Å². The Morgan fingerprint density at radius 2 is 1.02 bits per heavy atom. The molecule has 46 heavy (non-hydrogen) atoms. The van der Waals surface area contributed by atoms with E-state index in [2.05, 4.69) is 138 Å². The summed E-state index contributed by atoms with van der Waals surface area (Å²) >= 11 is 0. The van der Waals surface area contributed by atoms with Gasteiger partial charge in [0, 0.05) is 23.6 Å². The largest absolute Gasteiger partial charge is 0.309 e. The molecular weight excluding hydrogens is 562 g/mol. The SMILES string of the molecule is Cc1cc(C)c(N(c2ccc(-c3c(C)c(C)cc(C)c3C)cc2)c2c(C)c(C)c(-c3cnc4nccnc4n3)c(C)c2C)c(C)c1. The van der Waals surface area contributed by atoms with Crippen LogP contribution < -0.4 is 4.90 Å². The van der Waals surface area contributed by atoms with Gasteiger partial charge in [-0.1, -0.05) is 35.9 Å². The normalized spacial score (nSPS) is 11.4. The van der Waals surface area contributed by atoms with Crippen LogP contribution >= 0.6 is 0 Å². The molecule has 0 saturated carbocycles. The molecule has 4 aromatic carbocycles. The van der Waals surface area contributed by atoms with Gasteiger partial charge in [-0.05, 0) is 155 Å². The second kappa shape index (κ2) is 11.8. The van der Waals surface area contributed by atoms with Gasteiger partial charge in [0.15, 0.2) is 11.3 Å². The molecule has 5 nitrogen and oxygen atoms in total. The molecule has 0 atom stereocenters. The maximum absolute atomic E-state index is 4.89. The number of rotatable bonds is 5. The molecule has 6 rings (SSSR count). The van der Waals surface area contributed by atoms with Crippen molar-refractivity contribution in [2.75, 3.05) is 4.90 Å². The Labute approximate surface area is 273 Å². The minimum Gasteiger partial charge on any atom is -0.309 e. The van der Waals surface area contributed by atoms with Crippen LogP contribution in [0.3, 0.4) is 0 Å². The molecule has 0 amide bonds. The molecule has 0 aliphatic rings. The van der Waals surface area contributed by atoms with Gasteiger partial charge in [-0.2, -0.15) is 0 Å². The zero-order valence-corrected chi connectivity index (χ0v) is 29.0. The molecule has 2 aromatic heterocycles. The van der Waals surface area contributed by atoms with Crippen molar-refractivity contribution in [1.29, 1.82) is 0 Å². The van der Waals surface area contributed by atoms with Crippen molar-refractivity contribution >= 4 is 28.4 Å². The first kappa shape index (κ1) is 31.1. The number of fused-ring (bicyclic) bond motifs is 1. The number of hydrogen-bond donors (Lipinski definition) is 0. The standard InChI is InChI=1S/C41H43N5/c1-22-18-25(4)38(26(5)19-22)46(34-14-12-33(13-15-34)36-27(6)23(2)20-24(3)28(36)7)39-31(10)29(8)37(30(9)32(39)11)35-21-44-40-41(45-35)43-17-16-42-40/h12-21H,1-11H3. The van der Waals surface area contributed by atoms with Gasteiger partial charge in [0.2, 0.25) is 0 Å². The lowest BCUT2D eigenvalue weighted by Gasteiger charge is -2.34. The summed E-state index contributed by atoms with van der Waals surface area (Å²) in [5, 5.41) is 0. The summed E-state index contributed by atoms with van der Waals surface area (Å²) in [5.74, 6) is 0. The van der Waals surface area contributed by atoms with Crippen molar-refractivity contribution in [2.45, 2.75) is 76.2 Å². The predicted molar refractivity (Wildman–Crippen MR) is 193 cm³/mol. The fourth-order valence-electron chi connectivity index (χ4n) is 7.21. The maximum Gasteiger partial charge on any atom is 0.198 e. The monoisotopic (exact) mass is 605 g/mol. The van der Waals surface area contributed by atoms with E-state index in [0.29, 0.717) is 11.3 Å². The van der Waals surface area contributed by atoms with Crippen LogP contribution in [0.25, 0.3) is 33.7 Å². The zero-order chi connectivity index (χ0) is 33.0. The molecule has 232 valence electrons. The minimum absolute atomic E-state index is 0.553. The molecule has 0 N–H and O–H groups in total. The summed E-state index contributed by atoms with van der Waals surface area (Å²) in [6, 6.07) is 16.0. The summed E-state index contributed by atoms with van der Waals surface area (Å²) < 4.78 is 0. The van der Waals surface area contributed by atoms with Crippen LogP contribution in [0.15, 0.2) is 61.1 Å². The van der Waals surface area contributed by atoms with Gasteiger partial charge in [0.05, 0.1) is 23.3 Å². The van der Waals surface area contributed by atoms with Crippen LogP contribution in [0.4, 0.5) is 17.1 Å². The van der Waals surface area contributed by atoms with Gasteiger partial charge in [-0.15, -0.1) is 0 Å². The first-order valence-electron chi connectivity index (χ1n) is 16.0. The molecule has 0 saturated heterocycles. The van der Waals surface area contributed by atoms with Crippen molar-refractivity contribution in [1.82, 2.24) is 19.9 Å². The predicted octanol–water partition coefficient (Wildman–Crippen LogP) is 10.6. The molecule has 0 aliphatic carbocycles. The van der Waals surface area contributed by atoms with Crippen molar-refractivity contribution in [3.8, 4) is 22.4 Å². The zero-order valence-electron chi connectivity index (χ0n) is 29.0. The Hall–Kier alpha value is -4.90. The van der Waals surface area contributed by atoms with Crippen LogP contribution in [0.2, 0.25) is 0 Å². The first-order valence-corrected chi connectivity index (χ1v) is 16.0. The average Bonchev–Trinajstić information content (AvgIpc) is 3.02. The summed E-state index contributed by atoms with van der Waals surface area (Å²) in [6.45, 7) is 24.4. The fraction of sp³-hybridized carbons (Fsp3) is 0.268. The molecule has 0 fully saturated rings. The van der Waals surface area contributed by atoms with Gasteiger partial charge in [0.25, 0.3) is 0 Å². The van der Waals surface area contributed by atoms with Crippen molar-refractivity contribution in [3.05, 3.63) is 122 Å². The maximum atomic E-state index is 4.89. The van der Waals surface area contributed by atoms with E-state index in [4.69, 9.17) is 4.98 Å². The fourth-order valence-corrected chi connectivity index (χ4v) is 7.21. The van der Waals surface area contributed by atoms with E-state index in [1.807, 2.05) is 6.20 Å². The van der Waals surface area contributed by atoms with Crippen LogP contribution in [0.1, 0.15) is 61.2 Å². The lowest BCUT2D eigenvalue weighted by atomic mass is 9.88. The molecule has 0 spiro atoms. The van der Waals surface area contributed by atoms with E-state index in [0.717, 1.165) is 16.9 Å². The third kappa shape index (κ3) is 5.14.